The molecule has 0 N–H and O–H groups in total. The molecule has 0 aromatic heterocycles. The first kappa shape index (κ1) is 16.8. The van der Waals surface area contributed by atoms with Crippen LogP contribution in [0, 0.1) is 0 Å². The summed E-state index contributed by atoms with van der Waals surface area (Å²) in [6.07, 6.45) is 2.36. The van der Waals surface area contributed by atoms with Crippen LogP contribution >= 0.6 is 0 Å². The predicted molar refractivity (Wildman–Crippen MR) is 86.0 cm³/mol. The van der Waals surface area contributed by atoms with Crippen molar-refractivity contribution in [3.8, 4) is 5.75 Å². The summed E-state index contributed by atoms with van der Waals surface area (Å²) in [5.41, 5.74) is 0.541. The highest BCUT2D eigenvalue weighted by Crippen LogP contribution is 2.22. The molecule has 122 valence electrons. The first-order valence-corrected chi connectivity index (χ1v) is 9.44. The number of amides is 1. The highest BCUT2D eigenvalue weighted by Gasteiger charge is 2.34. The lowest BCUT2D eigenvalue weighted by Gasteiger charge is -2.28. The van der Waals surface area contributed by atoms with Crippen molar-refractivity contribution in [2.24, 2.45) is 0 Å². The fourth-order valence-corrected chi connectivity index (χ4v) is 4.45. The van der Waals surface area contributed by atoms with Crippen LogP contribution in [0.1, 0.15) is 36.5 Å². The van der Waals surface area contributed by atoms with E-state index < -0.39 is 9.84 Å². The van der Waals surface area contributed by atoms with E-state index in [1.54, 1.807) is 36.3 Å². The van der Waals surface area contributed by atoms with E-state index in [-0.39, 0.29) is 23.5 Å². The van der Waals surface area contributed by atoms with Gasteiger partial charge >= 0.3 is 0 Å². The van der Waals surface area contributed by atoms with Gasteiger partial charge in [0.15, 0.2) is 9.84 Å². The third kappa shape index (κ3) is 4.00. The molecule has 1 heterocycles. The van der Waals surface area contributed by atoms with E-state index >= 15 is 0 Å². The number of ether oxygens (including phenoxy) is 1. The summed E-state index contributed by atoms with van der Waals surface area (Å²) in [6, 6.07) is 6.79. The van der Waals surface area contributed by atoms with E-state index in [0.29, 0.717) is 24.3 Å². The summed E-state index contributed by atoms with van der Waals surface area (Å²) in [4.78, 5) is 14.5. The lowest BCUT2D eigenvalue weighted by atomic mass is 10.1. The topological polar surface area (TPSA) is 63.7 Å². The van der Waals surface area contributed by atoms with Crippen molar-refractivity contribution in [1.29, 1.82) is 0 Å². The molecule has 1 aromatic rings. The summed E-state index contributed by atoms with van der Waals surface area (Å²) in [5.74, 6) is 0.757. The van der Waals surface area contributed by atoms with E-state index in [4.69, 9.17) is 4.74 Å². The minimum absolute atomic E-state index is 0.0758. The van der Waals surface area contributed by atoms with Gasteiger partial charge < -0.3 is 9.64 Å². The Morgan fingerprint density at radius 1 is 1.41 bits per heavy atom. The van der Waals surface area contributed by atoms with Crippen LogP contribution in [-0.2, 0) is 9.84 Å². The van der Waals surface area contributed by atoms with E-state index in [1.807, 2.05) is 0 Å². The molecule has 2 rings (SSSR count). The second kappa shape index (κ2) is 7.13. The van der Waals surface area contributed by atoms with Gasteiger partial charge in [0.2, 0.25) is 0 Å². The molecular formula is C16H23NO4S. The summed E-state index contributed by atoms with van der Waals surface area (Å²) < 4.78 is 28.6. The molecule has 0 radical (unpaired) electrons. The van der Waals surface area contributed by atoms with Crippen LogP contribution in [0.2, 0.25) is 0 Å². The van der Waals surface area contributed by atoms with Gasteiger partial charge in [0.25, 0.3) is 5.91 Å². The molecule has 0 saturated carbocycles. The van der Waals surface area contributed by atoms with Crippen LogP contribution in [0.4, 0.5) is 0 Å². The van der Waals surface area contributed by atoms with Crippen LogP contribution in [0.5, 0.6) is 5.75 Å². The number of carbonyl (C=O) groups is 1. The smallest absolute Gasteiger partial charge is 0.254 e. The van der Waals surface area contributed by atoms with Crippen molar-refractivity contribution < 1.29 is 17.9 Å². The maximum Gasteiger partial charge on any atom is 0.254 e. The third-order valence-electron chi connectivity index (χ3n) is 3.98. The zero-order chi connectivity index (χ0) is 16.2. The summed E-state index contributed by atoms with van der Waals surface area (Å²) >= 11 is 0. The second-order valence-corrected chi connectivity index (χ2v) is 7.87. The molecule has 1 amide bonds. The van der Waals surface area contributed by atoms with E-state index in [2.05, 4.69) is 6.92 Å². The van der Waals surface area contributed by atoms with Crippen LogP contribution in [0.15, 0.2) is 24.3 Å². The van der Waals surface area contributed by atoms with Crippen LogP contribution in [0.3, 0.4) is 0 Å². The van der Waals surface area contributed by atoms with Gasteiger partial charge in [-0.15, -0.1) is 0 Å². The van der Waals surface area contributed by atoms with Crippen molar-refractivity contribution in [2.45, 2.75) is 32.2 Å². The Hall–Kier alpha value is -1.56. The fraction of sp³-hybridized carbons (Fsp3) is 0.562. The maximum absolute atomic E-state index is 12.8. The minimum Gasteiger partial charge on any atom is -0.497 e. The molecule has 1 aliphatic rings. The van der Waals surface area contributed by atoms with Crippen molar-refractivity contribution >= 4 is 15.7 Å². The SMILES string of the molecule is CCCCN(C(=O)c1cccc(OC)c1)[C@H]1CCS(=O)(=O)C1. The quantitative estimate of drug-likeness (QED) is 0.804. The molecule has 1 fully saturated rings. The number of hydrogen-bond donors (Lipinski definition) is 0. The number of methoxy groups -OCH3 is 1. The van der Waals surface area contributed by atoms with Gasteiger partial charge in [-0.3, -0.25) is 4.79 Å². The third-order valence-corrected chi connectivity index (χ3v) is 5.73. The van der Waals surface area contributed by atoms with Crippen molar-refractivity contribution in [3.05, 3.63) is 29.8 Å². The highest BCUT2D eigenvalue weighted by atomic mass is 32.2. The Morgan fingerprint density at radius 2 is 2.18 bits per heavy atom. The number of unbranched alkanes of at least 4 members (excludes halogenated alkanes) is 1. The van der Waals surface area contributed by atoms with Crippen LogP contribution < -0.4 is 4.74 Å². The standard InChI is InChI=1S/C16H23NO4S/c1-3-4-9-17(14-8-10-22(19,20)12-14)16(18)13-6-5-7-15(11-13)21-2/h5-7,11,14H,3-4,8-10,12H2,1-2H3/t14-/m0/s1. The summed E-state index contributed by atoms with van der Waals surface area (Å²) in [6.45, 7) is 2.65. The zero-order valence-corrected chi connectivity index (χ0v) is 13.9. The van der Waals surface area contributed by atoms with Gasteiger partial charge in [0.1, 0.15) is 5.75 Å². The molecule has 0 aliphatic carbocycles. The van der Waals surface area contributed by atoms with E-state index in [1.165, 1.54) is 0 Å². The Balaban J connectivity index is 2.22. The van der Waals surface area contributed by atoms with Gasteiger partial charge in [-0.1, -0.05) is 19.4 Å². The number of nitrogens with zero attached hydrogens (tertiary/aromatic N) is 1. The Bertz CT molecular complexity index is 627. The lowest BCUT2D eigenvalue weighted by molar-refractivity contribution is 0.0694. The molecule has 5 nitrogen and oxygen atoms in total. The largest absolute Gasteiger partial charge is 0.497 e. The van der Waals surface area contributed by atoms with Gasteiger partial charge in [-0.05, 0) is 31.0 Å². The molecule has 0 unspecified atom stereocenters. The van der Waals surface area contributed by atoms with Crippen molar-refractivity contribution in [1.82, 2.24) is 4.90 Å². The maximum atomic E-state index is 12.8. The first-order valence-electron chi connectivity index (χ1n) is 7.62. The lowest BCUT2D eigenvalue weighted by Crippen LogP contribution is -2.41. The molecule has 0 bridgehead atoms. The minimum atomic E-state index is -3.01. The molecule has 0 spiro atoms. The van der Waals surface area contributed by atoms with Crippen molar-refractivity contribution in [3.63, 3.8) is 0 Å². The summed E-state index contributed by atoms with van der Waals surface area (Å²) in [5, 5.41) is 0. The molecule has 1 atom stereocenters. The molecule has 1 aliphatic heterocycles. The van der Waals surface area contributed by atoms with Gasteiger partial charge in [0.05, 0.1) is 18.6 Å². The summed E-state index contributed by atoms with van der Waals surface area (Å²) in [7, 11) is -1.46. The average Bonchev–Trinajstić information content (AvgIpc) is 2.87. The van der Waals surface area contributed by atoms with Crippen molar-refractivity contribution in [2.75, 3.05) is 25.2 Å². The van der Waals surface area contributed by atoms with E-state index in [0.717, 1.165) is 12.8 Å². The molecule has 1 aromatic carbocycles. The number of benzene rings is 1. The molecular weight excluding hydrogens is 302 g/mol. The monoisotopic (exact) mass is 325 g/mol. The molecule has 6 heteroatoms. The van der Waals surface area contributed by atoms with Gasteiger partial charge in [0, 0.05) is 18.2 Å². The number of carbonyl (C=O) groups excluding carboxylic acids is 1. The normalized spacial score (nSPS) is 19.8. The van der Waals surface area contributed by atoms with E-state index in [9.17, 15) is 13.2 Å². The van der Waals surface area contributed by atoms with Gasteiger partial charge in [-0.25, -0.2) is 8.42 Å². The Labute approximate surface area is 132 Å². The van der Waals surface area contributed by atoms with Gasteiger partial charge in [-0.2, -0.15) is 0 Å². The first-order chi connectivity index (χ1) is 10.5. The Kier molecular flexibility index (Phi) is 5.45. The zero-order valence-electron chi connectivity index (χ0n) is 13.1. The molecule has 1 saturated heterocycles. The average molecular weight is 325 g/mol. The number of hydrogen-bond acceptors (Lipinski definition) is 4. The predicted octanol–water partition coefficient (Wildman–Crippen LogP) is 2.12. The number of rotatable bonds is 6. The highest BCUT2D eigenvalue weighted by molar-refractivity contribution is 7.91. The van der Waals surface area contributed by atoms with Crippen LogP contribution in [-0.4, -0.2) is 50.4 Å². The number of sulfone groups is 1. The second-order valence-electron chi connectivity index (χ2n) is 5.64. The fourth-order valence-electron chi connectivity index (χ4n) is 2.72. The Morgan fingerprint density at radius 3 is 2.77 bits per heavy atom. The van der Waals surface area contributed by atoms with Crippen LogP contribution in [0.25, 0.3) is 0 Å². The molecule has 22 heavy (non-hydrogen) atoms.